The van der Waals surface area contributed by atoms with Crippen molar-refractivity contribution in [2.24, 2.45) is 0 Å². The third kappa shape index (κ3) is 2.23. The van der Waals surface area contributed by atoms with E-state index in [-0.39, 0.29) is 5.78 Å². The second-order valence-corrected chi connectivity index (χ2v) is 4.63. The van der Waals surface area contributed by atoms with E-state index in [0.29, 0.717) is 27.2 Å². The van der Waals surface area contributed by atoms with E-state index in [0.717, 1.165) is 11.7 Å². The van der Waals surface area contributed by atoms with Crippen LogP contribution in [0.15, 0.2) is 22.8 Å². The lowest BCUT2D eigenvalue weighted by Gasteiger charge is -2.11. The molecule has 0 N–H and O–H groups in total. The summed E-state index contributed by atoms with van der Waals surface area (Å²) in [5, 5.41) is 0. The Labute approximate surface area is 116 Å². The van der Waals surface area contributed by atoms with Crippen LogP contribution in [-0.2, 0) is 0 Å². The van der Waals surface area contributed by atoms with Gasteiger partial charge in [-0.25, -0.2) is 0 Å². The maximum absolute atomic E-state index is 12.2. The van der Waals surface area contributed by atoms with E-state index in [9.17, 15) is 4.79 Å². The van der Waals surface area contributed by atoms with Crippen LogP contribution >= 0.6 is 27.7 Å². The van der Waals surface area contributed by atoms with E-state index in [4.69, 9.17) is 9.47 Å². The van der Waals surface area contributed by atoms with Gasteiger partial charge in [0, 0.05) is 0 Å². The van der Waals surface area contributed by atoms with Crippen LogP contribution in [0.3, 0.4) is 0 Å². The Kier molecular flexibility index (Phi) is 3.93. The summed E-state index contributed by atoms with van der Waals surface area (Å²) >= 11 is 4.34. The number of hydrogen-bond donors (Lipinski definition) is 0. The molecule has 0 aliphatic carbocycles. The summed E-state index contributed by atoms with van der Waals surface area (Å²) < 4.78 is 18.7. The number of hydrogen-bond acceptors (Lipinski definition) is 6. The summed E-state index contributed by atoms with van der Waals surface area (Å²) in [6.07, 6.45) is 1.44. The maximum atomic E-state index is 12.2. The molecule has 0 atom stereocenters. The van der Waals surface area contributed by atoms with Gasteiger partial charge in [0.2, 0.25) is 5.78 Å². The number of benzene rings is 1. The smallest absolute Gasteiger partial charge is 0.217 e. The van der Waals surface area contributed by atoms with Gasteiger partial charge < -0.3 is 9.47 Å². The lowest BCUT2D eigenvalue weighted by atomic mass is 10.1. The SMILES string of the molecule is COc1ccc(C(=O)c2cnsn2)c(OC)c1Br. The minimum atomic E-state index is -0.232. The molecule has 18 heavy (non-hydrogen) atoms. The third-order valence-electron chi connectivity index (χ3n) is 2.32. The number of ether oxygens (including phenoxy) is 2. The largest absolute Gasteiger partial charge is 0.495 e. The topological polar surface area (TPSA) is 61.3 Å². The number of carbonyl (C=O) groups is 1. The molecule has 0 fully saturated rings. The number of nitrogens with zero attached hydrogens (tertiary/aromatic N) is 2. The fraction of sp³-hybridized carbons (Fsp3) is 0.182. The van der Waals surface area contributed by atoms with Crippen LogP contribution in [-0.4, -0.2) is 28.7 Å². The first-order valence-corrected chi connectivity index (χ1v) is 6.44. The molecular formula is C11H9BrN2O3S. The molecule has 1 aromatic carbocycles. The summed E-state index contributed by atoms with van der Waals surface area (Å²) in [6, 6.07) is 3.34. The van der Waals surface area contributed by atoms with Crippen molar-refractivity contribution in [1.29, 1.82) is 0 Å². The van der Waals surface area contributed by atoms with Gasteiger partial charge >= 0.3 is 0 Å². The van der Waals surface area contributed by atoms with E-state index >= 15 is 0 Å². The molecule has 0 saturated heterocycles. The zero-order valence-electron chi connectivity index (χ0n) is 9.64. The van der Waals surface area contributed by atoms with Gasteiger partial charge in [0.1, 0.15) is 21.7 Å². The van der Waals surface area contributed by atoms with Crippen LogP contribution in [0, 0.1) is 0 Å². The van der Waals surface area contributed by atoms with Crippen LogP contribution in [0.2, 0.25) is 0 Å². The Morgan fingerprint density at radius 1 is 1.33 bits per heavy atom. The van der Waals surface area contributed by atoms with Gasteiger partial charge in [0.25, 0.3) is 0 Å². The zero-order valence-corrected chi connectivity index (χ0v) is 12.0. The average Bonchev–Trinajstić information content (AvgIpc) is 2.91. The summed E-state index contributed by atoms with van der Waals surface area (Å²) in [6.45, 7) is 0. The van der Waals surface area contributed by atoms with Gasteiger partial charge in [-0.05, 0) is 28.1 Å². The Morgan fingerprint density at radius 2 is 2.11 bits per heavy atom. The minimum absolute atomic E-state index is 0.232. The van der Waals surface area contributed by atoms with Crippen molar-refractivity contribution in [3.8, 4) is 11.5 Å². The Bertz CT molecular complexity index is 572. The molecule has 0 amide bonds. The molecule has 94 valence electrons. The molecule has 0 saturated carbocycles. The van der Waals surface area contributed by atoms with Gasteiger partial charge in [-0.1, -0.05) is 0 Å². The van der Waals surface area contributed by atoms with E-state index in [2.05, 4.69) is 24.7 Å². The summed E-state index contributed by atoms with van der Waals surface area (Å²) in [5.41, 5.74) is 0.716. The molecule has 0 spiro atoms. The Morgan fingerprint density at radius 3 is 2.67 bits per heavy atom. The fourth-order valence-corrected chi connectivity index (χ4v) is 2.56. The highest BCUT2D eigenvalue weighted by atomic mass is 79.9. The normalized spacial score (nSPS) is 10.2. The highest BCUT2D eigenvalue weighted by molar-refractivity contribution is 9.10. The van der Waals surface area contributed by atoms with E-state index in [1.807, 2.05) is 0 Å². The number of methoxy groups -OCH3 is 2. The minimum Gasteiger partial charge on any atom is -0.495 e. The molecule has 0 aliphatic heterocycles. The van der Waals surface area contributed by atoms with Gasteiger partial charge in [-0.3, -0.25) is 4.79 Å². The van der Waals surface area contributed by atoms with Crippen LogP contribution in [0.1, 0.15) is 16.1 Å². The van der Waals surface area contributed by atoms with E-state index in [1.54, 1.807) is 19.2 Å². The standard InChI is InChI=1S/C11H9BrN2O3S/c1-16-8-4-3-6(11(17-2)9(8)12)10(15)7-5-13-18-14-7/h3-5H,1-2H3. The van der Waals surface area contributed by atoms with Crippen molar-refractivity contribution in [3.05, 3.63) is 34.1 Å². The van der Waals surface area contributed by atoms with Gasteiger partial charge in [-0.15, -0.1) is 0 Å². The highest BCUT2D eigenvalue weighted by Crippen LogP contribution is 2.37. The maximum Gasteiger partial charge on any atom is 0.217 e. The number of ketones is 1. The van der Waals surface area contributed by atoms with Crippen LogP contribution in [0.4, 0.5) is 0 Å². The van der Waals surface area contributed by atoms with Crippen molar-refractivity contribution < 1.29 is 14.3 Å². The number of carbonyl (C=O) groups excluding carboxylic acids is 1. The molecule has 1 aromatic heterocycles. The molecule has 5 nitrogen and oxygen atoms in total. The number of halogens is 1. The Balaban J connectivity index is 2.52. The van der Waals surface area contributed by atoms with Crippen molar-refractivity contribution in [2.75, 3.05) is 14.2 Å². The summed E-state index contributed by atoms with van der Waals surface area (Å²) in [5.74, 6) is 0.788. The third-order valence-corrected chi connectivity index (χ3v) is 3.55. The first-order valence-electron chi connectivity index (χ1n) is 4.91. The number of aromatic nitrogens is 2. The van der Waals surface area contributed by atoms with Crippen molar-refractivity contribution in [3.63, 3.8) is 0 Å². The van der Waals surface area contributed by atoms with Crippen molar-refractivity contribution in [1.82, 2.24) is 8.75 Å². The first-order chi connectivity index (χ1) is 8.69. The van der Waals surface area contributed by atoms with Crippen LogP contribution < -0.4 is 9.47 Å². The molecule has 0 aliphatic rings. The predicted molar refractivity (Wildman–Crippen MR) is 70.6 cm³/mol. The molecule has 0 unspecified atom stereocenters. The summed E-state index contributed by atoms with van der Waals surface area (Å²) in [7, 11) is 3.04. The molecule has 7 heteroatoms. The Hall–Kier alpha value is -1.47. The van der Waals surface area contributed by atoms with E-state index in [1.165, 1.54) is 13.3 Å². The fourth-order valence-electron chi connectivity index (χ4n) is 1.48. The summed E-state index contributed by atoms with van der Waals surface area (Å²) in [4.78, 5) is 12.2. The molecule has 2 rings (SSSR count). The quantitative estimate of drug-likeness (QED) is 0.807. The molecule has 2 aromatic rings. The van der Waals surface area contributed by atoms with Gasteiger partial charge in [0.05, 0.1) is 37.7 Å². The zero-order chi connectivity index (χ0) is 13.1. The second-order valence-electron chi connectivity index (χ2n) is 3.28. The van der Waals surface area contributed by atoms with Crippen LogP contribution in [0.25, 0.3) is 0 Å². The second kappa shape index (κ2) is 5.45. The van der Waals surface area contributed by atoms with Crippen molar-refractivity contribution >= 4 is 33.4 Å². The van der Waals surface area contributed by atoms with Gasteiger partial charge in [0.15, 0.2) is 0 Å². The molecule has 0 bridgehead atoms. The molecule has 0 radical (unpaired) electrons. The average molecular weight is 329 g/mol. The molecule has 1 heterocycles. The lowest BCUT2D eigenvalue weighted by Crippen LogP contribution is -2.05. The lowest BCUT2D eigenvalue weighted by molar-refractivity contribution is 0.103. The van der Waals surface area contributed by atoms with E-state index < -0.39 is 0 Å². The highest BCUT2D eigenvalue weighted by Gasteiger charge is 2.20. The van der Waals surface area contributed by atoms with Gasteiger partial charge in [-0.2, -0.15) is 8.75 Å². The molecular weight excluding hydrogens is 320 g/mol. The van der Waals surface area contributed by atoms with Crippen LogP contribution in [0.5, 0.6) is 11.5 Å². The number of rotatable bonds is 4. The predicted octanol–water partition coefficient (Wildman–Crippen LogP) is 2.55. The van der Waals surface area contributed by atoms with Crippen molar-refractivity contribution in [2.45, 2.75) is 0 Å². The first kappa shape index (κ1) is 13.0. The monoisotopic (exact) mass is 328 g/mol.